The predicted molar refractivity (Wildman–Crippen MR) is 98.0 cm³/mol. The quantitative estimate of drug-likeness (QED) is 0.790. The molecule has 0 radical (unpaired) electrons. The van der Waals surface area contributed by atoms with E-state index in [0.717, 1.165) is 30.0 Å². The van der Waals surface area contributed by atoms with Crippen LogP contribution in [0.5, 0.6) is 0 Å². The van der Waals surface area contributed by atoms with Crippen LogP contribution in [0.25, 0.3) is 11.3 Å². The summed E-state index contributed by atoms with van der Waals surface area (Å²) in [4.78, 5) is 12.8. The molecule has 1 unspecified atom stereocenters. The van der Waals surface area contributed by atoms with Crippen molar-refractivity contribution in [3.05, 3.63) is 57.9 Å². The number of nitriles is 1. The van der Waals surface area contributed by atoms with Crippen molar-refractivity contribution in [3.63, 3.8) is 0 Å². The number of hydrogen-bond acceptors (Lipinski definition) is 4. The lowest BCUT2D eigenvalue weighted by Gasteiger charge is -2.23. The Hall–Kier alpha value is -2.92. The van der Waals surface area contributed by atoms with Crippen LogP contribution in [0.4, 0.5) is 13.2 Å². The lowest BCUT2D eigenvalue weighted by molar-refractivity contribution is -0.137. The Bertz CT molecular complexity index is 989. The van der Waals surface area contributed by atoms with Gasteiger partial charge in [-0.25, -0.2) is 0 Å². The van der Waals surface area contributed by atoms with Gasteiger partial charge in [-0.3, -0.25) is 4.79 Å². The van der Waals surface area contributed by atoms with Crippen molar-refractivity contribution in [1.82, 2.24) is 4.68 Å². The molecule has 0 N–H and O–H groups in total. The van der Waals surface area contributed by atoms with Gasteiger partial charge in [-0.15, -0.1) is 0 Å². The van der Waals surface area contributed by atoms with Gasteiger partial charge in [-0.1, -0.05) is 36.8 Å². The number of benzene rings is 1. The average Bonchev–Trinajstić information content (AvgIpc) is 2.69. The van der Waals surface area contributed by atoms with Gasteiger partial charge in [0.2, 0.25) is 0 Å². The Kier molecular flexibility index (Phi) is 5.66. The molecule has 8 heteroatoms. The second-order valence-electron chi connectivity index (χ2n) is 6.47. The molecule has 1 heterocycles. The van der Waals surface area contributed by atoms with Crippen molar-refractivity contribution in [3.8, 4) is 17.3 Å². The van der Waals surface area contributed by atoms with Gasteiger partial charge < -0.3 is 4.74 Å². The number of ether oxygens (including phenoxy) is 1. The fourth-order valence-corrected chi connectivity index (χ4v) is 3.31. The van der Waals surface area contributed by atoms with Gasteiger partial charge in [-0.05, 0) is 25.3 Å². The molecule has 0 amide bonds. The Balaban J connectivity index is 2.32. The molecule has 2 aromatic rings. The molecule has 1 aromatic carbocycles. The first kappa shape index (κ1) is 19.8. The minimum Gasteiger partial charge on any atom is -0.375 e. The number of pyridine rings is 1. The van der Waals surface area contributed by atoms with Gasteiger partial charge in [0, 0.05) is 12.7 Å². The minimum absolute atomic E-state index is 0.0233. The van der Waals surface area contributed by atoms with Gasteiger partial charge in [0.25, 0.3) is 5.56 Å². The molecule has 0 spiro atoms. The molecule has 1 aliphatic rings. The summed E-state index contributed by atoms with van der Waals surface area (Å²) in [7, 11) is 1.53. The standard InChI is InChI=1S/C20H18F3N3O2/c1-28-18-10-6-5-9-16(18)25-26-17(13-7-3-2-4-8-13)11-15(20(21,22)23)14(12-24)19(26)27/h2-4,7-8,11,18H,5-6,9-10H2,1H3/b25-16+. The zero-order chi connectivity index (χ0) is 20.3. The molecular weight excluding hydrogens is 371 g/mol. The summed E-state index contributed by atoms with van der Waals surface area (Å²) in [6.45, 7) is 0. The van der Waals surface area contributed by atoms with E-state index < -0.39 is 22.9 Å². The van der Waals surface area contributed by atoms with Crippen LogP contribution in [0.15, 0.2) is 46.3 Å². The fourth-order valence-electron chi connectivity index (χ4n) is 3.31. The largest absolute Gasteiger partial charge is 0.417 e. The van der Waals surface area contributed by atoms with Gasteiger partial charge in [-0.2, -0.15) is 28.2 Å². The van der Waals surface area contributed by atoms with Crippen molar-refractivity contribution < 1.29 is 17.9 Å². The van der Waals surface area contributed by atoms with Crippen molar-refractivity contribution in [1.29, 1.82) is 5.26 Å². The summed E-state index contributed by atoms with van der Waals surface area (Å²) in [6.07, 6.45) is -2.07. The number of halogens is 3. The smallest absolute Gasteiger partial charge is 0.375 e. The Labute approximate surface area is 159 Å². The van der Waals surface area contributed by atoms with Crippen LogP contribution in [0.1, 0.15) is 36.8 Å². The molecule has 146 valence electrons. The predicted octanol–water partition coefficient (Wildman–Crippen LogP) is 4.20. The molecule has 1 atom stereocenters. The molecular formula is C20H18F3N3O2. The molecule has 0 saturated heterocycles. The number of hydrogen-bond donors (Lipinski definition) is 0. The minimum atomic E-state index is -4.83. The van der Waals surface area contributed by atoms with Gasteiger partial charge in [0.1, 0.15) is 11.6 Å². The molecule has 1 aliphatic carbocycles. The Morgan fingerprint density at radius 3 is 2.57 bits per heavy atom. The van der Waals surface area contributed by atoms with Crippen LogP contribution in [-0.4, -0.2) is 23.6 Å². The molecule has 1 fully saturated rings. The van der Waals surface area contributed by atoms with E-state index in [9.17, 15) is 23.2 Å². The van der Waals surface area contributed by atoms with Crippen molar-refractivity contribution in [2.75, 3.05) is 7.11 Å². The highest BCUT2D eigenvalue weighted by molar-refractivity contribution is 5.89. The summed E-state index contributed by atoms with van der Waals surface area (Å²) >= 11 is 0. The maximum atomic E-state index is 13.5. The summed E-state index contributed by atoms with van der Waals surface area (Å²) in [6, 6.07) is 10.4. The second-order valence-corrected chi connectivity index (χ2v) is 6.47. The van der Waals surface area contributed by atoms with E-state index in [1.54, 1.807) is 30.3 Å². The van der Waals surface area contributed by atoms with Gasteiger partial charge >= 0.3 is 6.18 Å². The van der Waals surface area contributed by atoms with Crippen LogP contribution in [0, 0.1) is 11.3 Å². The maximum absolute atomic E-state index is 13.5. The van der Waals surface area contributed by atoms with Crippen molar-refractivity contribution in [2.45, 2.75) is 38.0 Å². The zero-order valence-electron chi connectivity index (χ0n) is 15.2. The highest BCUT2D eigenvalue weighted by Gasteiger charge is 2.37. The number of rotatable bonds is 3. The third-order valence-electron chi connectivity index (χ3n) is 4.71. The maximum Gasteiger partial charge on any atom is 0.417 e. The molecule has 28 heavy (non-hydrogen) atoms. The lowest BCUT2D eigenvalue weighted by Crippen LogP contribution is -2.31. The normalized spacial score (nSPS) is 18.8. The summed E-state index contributed by atoms with van der Waals surface area (Å²) in [5.41, 5.74) is -2.38. The van der Waals surface area contributed by atoms with Crippen LogP contribution < -0.4 is 5.56 Å². The monoisotopic (exact) mass is 389 g/mol. The number of aromatic nitrogens is 1. The number of methoxy groups -OCH3 is 1. The highest BCUT2D eigenvalue weighted by atomic mass is 19.4. The topological polar surface area (TPSA) is 67.4 Å². The second kappa shape index (κ2) is 7.98. The molecule has 5 nitrogen and oxygen atoms in total. The summed E-state index contributed by atoms with van der Waals surface area (Å²) in [5, 5.41) is 13.6. The summed E-state index contributed by atoms with van der Waals surface area (Å²) in [5.74, 6) is 0. The van der Waals surface area contributed by atoms with E-state index >= 15 is 0 Å². The Morgan fingerprint density at radius 2 is 1.96 bits per heavy atom. The fraction of sp³-hybridized carbons (Fsp3) is 0.350. The molecule has 0 bridgehead atoms. The Morgan fingerprint density at radius 1 is 1.25 bits per heavy atom. The van der Waals surface area contributed by atoms with Crippen molar-refractivity contribution >= 4 is 5.71 Å². The van der Waals surface area contributed by atoms with E-state index in [2.05, 4.69) is 5.10 Å². The first-order chi connectivity index (χ1) is 13.4. The number of alkyl halides is 3. The van der Waals surface area contributed by atoms with E-state index in [1.165, 1.54) is 13.2 Å². The highest BCUT2D eigenvalue weighted by Crippen LogP contribution is 2.33. The van der Waals surface area contributed by atoms with Crippen LogP contribution in [0.3, 0.4) is 0 Å². The first-order valence-electron chi connectivity index (χ1n) is 8.80. The third kappa shape index (κ3) is 3.85. The van der Waals surface area contributed by atoms with Crippen LogP contribution in [-0.2, 0) is 10.9 Å². The van der Waals surface area contributed by atoms with Gasteiger partial charge in [0.15, 0.2) is 0 Å². The number of nitrogens with zero attached hydrogens (tertiary/aromatic N) is 3. The third-order valence-corrected chi connectivity index (χ3v) is 4.71. The van der Waals surface area contributed by atoms with Crippen molar-refractivity contribution in [2.24, 2.45) is 5.10 Å². The molecule has 1 aromatic heterocycles. The first-order valence-corrected chi connectivity index (χ1v) is 8.80. The SMILES string of the molecule is COC1CCCC/C1=N\n1c(-c2ccccc2)cc(C(F)(F)F)c(C#N)c1=O. The molecule has 3 rings (SSSR count). The van der Waals surface area contributed by atoms with E-state index in [0.29, 0.717) is 17.7 Å². The van der Waals surface area contributed by atoms with Gasteiger partial charge in [0.05, 0.1) is 23.1 Å². The molecule has 0 aliphatic heterocycles. The zero-order valence-corrected chi connectivity index (χ0v) is 15.2. The average molecular weight is 389 g/mol. The summed E-state index contributed by atoms with van der Waals surface area (Å²) < 4.78 is 46.7. The van der Waals surface area contributed by atoms with E-state index in [-0.39, 0.29) is 11.8 Å². The van der Waals surface area contributed by atoms with E-state index in [4.69, 9.17) is 4.74 Å². The van der Waals surface area contributed by atoms with Crippen LogP contribution >= 0.6 is 0 Å². The molecule has 1 saturated carbocycles. The lowest BCUT2D eigenvalue weighted by atomic mass is 9.95. The van der Waals surface area contributed by atoms with E-state index in [1.807, 2.05) is 0 Å². The van der Waals surface area contributed by atoms with Crippen LogP contribution in [0.2, 0.25) is 0 Å².